The molecule has 2 aliphatic rings. The van der Waals surface area contributed by atoms with Crippen molar-refractivity contribution in [2.24, 2.45) is 0 Å². The predicted octanol–water partition coefficient (Wildman–Crippen LogP) is 2.67. The summed E-state index contributed by atoms with van der Waals surface area (Å²) in [5.74, 6) is -0.744. The number of hydrogen-bond donors (Lipinski definition) is 1. The summed E-state index contributed by atoms with van der Waals surface area (Å²) in [6, 6.07) is 1.69. The van der Waals surface area contributed by atoms with E-state index in [9.17, 15) is 9.90 Å². The molecular weight excluding hydrogens is 451 g/mol. The van der Waals surface area contributed by atoms with E-state index in [1.807, 2.05) is 18.7 Å². The lowest BCUT2D eigenvalue weighted by atomic mass is 10.1. The van der Waals surface area contributed by atoms with E-state index in [1.165, 1.54) is 11.3 Å². The smallest absolute Gasteiger partial charge is 0.273 e. The van der Waals surface area contributed by atoms with Gasteiger partial charge in [0.25, 0.3) is 5.91 Å². The number of carbonyl (C=O) groups is 1. The zero-order valence-electron chi connectivity index (χ0n) is 18.4. The van der Waals surface area contributed by atoms with Crippen molar-refractivity contribution in [3.05, 3.63) is 28.5 Å². The number of aromatic nitrogens is 2. The quantitative estimate of drug-likeness (QED) is 0.613. The summed E-state index contributed by atoms with van der Waals surface area (Å²) in [6.07, 6.45) is -0.142. The number of rotatable bonds is 4. The van der Waals surface area contributed by atoms with Crippen LogP contribution in [-0.2, 0) is 16.1 Å². The van der Waals surface area contributed by atoms with Crippen LogP contribution in [0.3, 0.4) is 0 Å². The second-order valence-electron chi connectivity index (χ2n) is 8.37. The van der Waals surface area contributed by atoms with Gasteiger partial charge in [-0.05, 0) is 19.9 Å². The van der Waals surface area contributed by atoms with Crippen molar-refractivity contribution in [1.29, 1.82) is 0 Å². The molecule has 11 heteroatoms. The standard InChI is InChI=1S/C22H25FN4O5S/c1-12-8-27(9-13(2)31-12)19-14(10-28)7-15-18(25-32-20(15)17(19)23)21-24-16(11-33-21)22(29)26-3-5-30-6-4-26/h7,11-13,28H,3-6,8-10H2,1-2H3/t12-,13+. The molecule has 1 amide bonds. The van der Waals surface area contributed by atoms with Gasteiger partial charge in [0.15, 0.2) is 11.5 Å². The number of hydrogen-bond acceptors (Lipinski definition) is 9. The average molecular weight is 477 g/mol. The maximum Gasteiger partial charge on any atom is 0.273 e. The minimum absolute atomic E-state index is 0.000235. The molecule has 0 spiro atoms. The molecule has 2 aromatic heterocycles. The number of fused-ring (bicyclic) bond motifs is 1. The lowest BCUT2D eigenvalue weighted by Gasteiger charge is -2.37. The maximum absolute atomic E-state index is 15.6. The maximum atomic E-state index is 15.6. The third kappa shape index (κ3) is 4.10. The molecule has 5 rings (SSSR count). The Morgan fingerprint density at radius 3 is 2.70 bits per heavy atom. The van der Waals surface area contributed by atoms with E-state index in [1.54, 1.807) is 16.3 Å². The van der Waals surface area contributed by atoms with E-state index >= 15 is 4.39 Å². The first kappa shape index (κ1) is 22.2. The van der Waals surface area contributed by atoms with Crippen LogP contribution in [-0.4, -0.2) is 77.7 Å². The summed E-state index contributed by atoms with van der Waals surface area (Å²) in [5, 5.41) is 16.6. The van der Waals surface area contributed by atoms with Crippen molar-refractivity contribution in [2.75, 3.05) is 44.3 Å². The molecule has 0 aliphatic carbocycles. The fraction of sp³-hybridized carbons (Fsp3) is 0.500. The second kappa shape index (κ2) is 8.98. The van der Waals surface area contributed by atoms with Crippen LogP contribution in [0.1, 0.15) is 29.9 Å². The highest BCUT2D eigenvalue weighted by molar-refractivity contribution is 7.13. The van der Waals surface area contributed by atoms with Gasteiger partial charge in [-0.3, -0.25) is 4.79 Å². The van der Waals surface area contributed by atoms with Crippen molar-refractivity contribution >= 4 is 33.9 Å². The number of carbonyl (C=O) groups excluding carboxylic acids is 1. The molecule has 2 saturated heterocycles. The van der Waals surface area contributed by atoms with E-state index in [-0.39, 0.29) is 30.3 Å². The van der Waals surface area contributed by atoms with Gasteiger partial charge in [0.2, 0.25) is 5.58 Å². The lowest BCUT2D eigenvalue weighted by molar-refractivity contribution is -0.00550. The van der Waals surface area contributed by atoms with Crippen LogP contribution in [0.4, 0.5) is 10.1 Å². The van der Waals surface area contributed by atoms with Gasteiger partial charge in [0.1, 0.15) is 10.7 Å². The third-order valence-electron chi connectivity index (χ3n) is 5.89. The van der Waals surface area contributed by atoms with E-state index in [4.69, 9.17) is 14.0 Å². The normalized spacial score (nSPS) is 21.7. The van der Waals surface area contributed by atoms with Crippen LogP contribution >= 0.6 is 11.3 Å². The Labute approximate surface area is 193 Å². The Bertz CT molecular complexity index is 1170. The molecule has 3 aromatic rings. The molecule has 9 nitrogen and oxygen atoms in total. The summed E-state index contributed by atoms with van der Waals surface area (Å²) in [6.45, 7) is 6.57. The molecule has 0 bridgehead atoms. The molecule has 2 aliphatic heterocycles. The Balaban J connectivity index is 1.50. The van der Waals surface area contributed by atoms with Crippen LogP contribution in [0.15, 0.2) is 16.0 Å². The van der Waals surface area contributed by atoms with E-state index in [0.717, 1.165) is 0 Å². The molecule has 1 aromatic carbocycles. The number of amides is 1. The van der Waals surface area contributed by atoms with Crippen molar-refractivity contribution < 1.29 is 28.3 Å². The van der Waals surface area contributed by atoms with E-state index in [0.29, 0.717) is 72.4 Å². The van der Waals surface area contributed by atoms with Gasteiger partial charge in [-0.2, -0.15) is 0 Å². The number of nitrogens with zero attached hydrogens (tertiary/aromatic N) is 4. The second-order valence-corrected chi connectivity index (χ2v) is 9.23. The van der Waals surface area contributed by atoms with Crippen molar-refractivity contribution in [2.45, 2.75) is 32.7 Å². The van der Waals surface area contributed by atoms with Gasteiger partial charge in [0, 0.05) is 37.1 Å². The molecule has 1 N–H and O–H groups in total. The number of thiazole rings is 1. The van der Waals surface area contributed by atoms with E-state index in [2.05, 4.69) is 10.1 Å². The average Bonchev–Trinajstić information content (AvgIpc) is 3.45. The molecule has 0 radical (unpaired) electrons. The highest BCUT2D eigenvalue weighted by atomic mass is 32.1. The first-order valence-electron chi connectivity index (χ1n) is 10.9. The number of morpholine rings is 2. The largest absolute Gasteiger partial charge is 0.392 e. The third-order valence-corrected chi connectivity index (χ3v) is 6.74. The molecule has 33 heavy (non-hydrogen) atoms. The molecule has 0 saturated carbocycles. The summed E-state index contributed by atoms with van der Waals surface area (Å²) < 4.78 is 32.1. The summed E-state index contributed by atoms with van der Waals surface area (Å²) in [7, 11) is 0. The number of aliphatic hydroxyl groups excluding tert-OH is 1. The molecule has 0 unspecified atom stereocenters. The minimum atomic E-state index is -0.572. The molecule has 2 fully saturated rings. The van der Waals surface area contributed by atoms with Gasteiger partial charge in [-0.1, -0.05) is 5.16 Å². The van der Waals surface area contributed by atoms with Crippen molar-refractivity contribution in [3.8, 4) is 10.7 Å². The fourth-order valence-corrected chi connectivity index (χ4v) is 5.25. The van der Waals surface area contributed by atoms with Crippen LogP contribution in [0.25, 0.3) is 21.7 Å². The lowest BCUT2D eigenvalue weighted by Crippen LogP contribution is -2.46. The monoisotopic (exact) mass is 476 g/mol. The Hall–Kier alpha value is -2.60. The van der Waals surface area contributed by atoms with Gasteiger partial charge >= 0.3 is 0 Å². The fourth-order valence-electron chi connectivity index (χ4n) is 4.47. The molecule has 176 valence electrons. The number of aliphatic hydroxyl groups is 1. The highest BCUT2D eigenvalue weighted by Crippen LogP contribution is 2.38. The Kier molecular flexibility index (Phi) is 6.04. The summed E-state index contributed by atoms with van der Waals surface area (Å²) in [4.78, 5) is 20.8. The summed E-state index contributed by atoms with van der Waals surface area (Å²) in [5.41, 5.74) is 1.40. The number of benzene rings is 1. The van der Waals surface area contributed by atoms with Gasteiger partial charge in [-0.15, -0.1) is 11.3 Å². The number of anilines is 1. The Morgan fingerprint density at radius 2 is 2.00 bits per heavy atom. The predicted molar refractivity (Wildman–Crippen MR) is 120 cm³/mol. The number of halogens is 1. The van der Waals surface area contributed by atoms with Crippen LogP contribution in [0, 0.1) is 5.82 Å². The topological polar surface area (TPSA) is 101 Å². The van der Waals surface area contributed by atoms with Gasteiger partial charge in [0.05, 0.1) is 43.1 Å². The first-order chi connectivity index (χ1) is 16.0. The number of ether oxygens (including phenoxy) is 2. The van der Waals surface area contributed by atoms with E-state index < -0.39 is 5.82 Å². The van der Waals surface area contributed by atoms with Crippen LogP contribution in [0.5, 0.6) is 0 Å². The minimum Gasteiger partial charge on any atom is -0.392 e. The summed E-state index contributed by atoms with van der Waals surface area (Å²) >= 11 is 1.24. The zero-order valence-corrected chi connectivity index (χ0v) is 19.2. The van der Waals surface area contributed by atoms with Crippen LogP contribution < -0.4 is 4.90 Å². The molecular formula is C22H25FN4O5S. The highest BCUT2D eigenvalue weighted by Gasteiger charge is 2.30. The Morgan fingerprint density at radius 1 is 1.27 bits per heavy atom. The zero-order chi connectivity index (χ0) is 23.1. The van der Waals surface area contributed by atoms with Crippen molar-refractivity contribution in [1.82, 2.24) is 15.0 Å². The van der Waals surface area contributed by atoms with Crippen molar-refractivity contribution in [3.63, 3.8) is 0 Å². The molecule has 2 atom stereocenters. The van der Waals surface area contributed by atoms with Gasteiger partial charge in [-0.25, -0.2) is 9.37 Å². The first-order valence-corrected chi connectivity index (χ1v) is 11.8. The van der Waals surface area contributed by atoms with Gasteiger partial charge < -0.3 is 28.9 Å². The SMILES string of the molecule is C[C@@H]1CN(c2c(CO)cc3c(-c4nc(C(=O)N5CCOCC5)cs4)noc3c2F)C[C@H](C)O1. The van der Waals surface area contributed by atoms with Crippen LogP contribution in [0.2, 0.25) is 0 Å². The molecule has 4 heterocycles.